The lowest BCUT2D eigenvalue weighted by atomic mass is 10.2. The van der Waals surface area contributed by atoms with Crippen LogP contribution < -0.4 is 5.32 Å². The lowest BCUT2D eigenvalue weighted by molar-refractivity contribution is 0.0907. The van der Waals surface area contributed by atoms with Gasteiger partial charge < -0.3 is 10.4 Å². The van der Waals surface area contributed by atoms with Crippen molar-refractivity contribution < 1.29 is 14.1 Å². The van der Waals surface area contributed by atoms with E-state index in [1.807, 2.05) is 13.8 Å². The minimum Gasteiger partial charge on any atom is -0.391 e. The fraction of sp³-hybridized carbons (Fsp3) is 0.500. The molecule has 2 N–H and O–H groups in total. The molecule has 0 radical (unpaired) electrons. The molecular weight excluding hydrogens is 262 g/mol. The summed E-state index contributed by atoms with van der Waals surface area (Å²) in [6, 6.07) is 6.88. The van der Waals surface area contributed by atoms with E-state index >= 15 is 0 Å². The van der Waals surface area contributed by atoms with Crippen molar-refractivity contribution in [3.05, 3.63) is 29.8 Å². The van der Waals surface area contributed by atoms with Crippen molar-refractivity contribution in [2.45, 2.75) is 37.7 Å². The van der Waals surface area contributed by atoms with Gasteiger partial charge >= 0.3 is 0 Å². The van der Waals surface area contributed by atoms with Gasteiger partial charge in [0.05, 0.1) is 27.4 Å². The molecule has 1 amide bonds. The molecule has 19 heavy (non-hydrogen) atoms. The highest BCUT2D eigenvalue weighted by Crippen LogP contribution is 2.13. The summed E-state index contributed by atoms with van der Waals surface area (Å²) in [7, 11) is -1.16. The van der Waals surface area contributed by atoms with Gasteiger partial charge in [-0.15, -0.1) is 0 Å². The highest BCUT2D eigenvalue weighted by molar-refractivity contribution is 7.85. The lowest BCUT2D eigenvalue weighted by Crippen LogP contribution is -2.32. The van der Waals surface area contributed by atoms with E-state index in [1.165, 1.54) is 0 Å². The van der Waals surface area contributed by atoms with Crippen LogP contribution in [-0.4, -0.2) is 33.6 Å². The summed E-state index contributed by atoms with van der Waals surface area (Å²) in [4.78, 5) is 12.6. The van der Waals surface area contributed by atoms with Crippen LogP contribution in [0.1, 0.15) is 37.0 Å². The number of hydrogen-bond acceptors (Lipinski definition) is 3. The van der Waals surface area contributed by atoms with E-state index in [-0.39, 0.29) is 12.5 Å². The summed E-state index contributed by atoms with van der Waals surface area (Å²) in [5.74, 6) is 0.190. The smallest absolute Gasteiger partial charge is 0.252 e. The predicted octanol–water partition coefficient (Wildman–Crippen LogP) is 1.70. The molecule has 0 aromatic heterocycles. The second kappa shape index (κ2) is 8.07. The minimum absolute atomic E-state index is 0.222. The first kappa shape index (κ1) is 15.9. The van der Waals surface area contributed by atoms with Crippen molar-refractivity contribution in [2.24, 2.45) is 0 Å². The van der Waals surface area contributed by atoms with Crippen LogP contribution in [0.5, 0.6) is 0 Å². The summed E-state index contributed by atoms with van der Waals surface area (Å²) in [6.07, 6.45) is 0.994. The Labute approximate surface area is 116 Å². The van der Waals surface area contributed by atoms with Crippen molar-refractivity contribution >= 4 is 16.7 Å². The van der Waals surface area contributed by atoms with Crippen molar-refractivity contribution in [3.8, 4) is 0 Å². The molecule has 0 bridgehead atoms. The van der Waals surface area contributed by atoms with Crippen LogP contribution in [-0.2, 0) is 10.8 Å². The molecular formula is C14H21NO3S. The van der Waals surface area contributed by atoms with Crippen LogP contribution in [0, 0.1) is 0 Å². The Morgan fingerprint density at radius 3 is 2.68 bits per heavy atom. The molecule has 0 aliphatic heterocycles. The number of aliphatic hydroxyl groups is 1. The first-order valence-electron chi connectivity index (χ1n) is 6.53. The summed E-state index contributed by atoms with van der Waals surface area (Å²) in [5.41, 5.74) is 0.423. The molecule has 0 fully saturated rings. The van der Waals surface area contributed by atoms with Crippen LogP contribution in [0.3, 0.4) is 0 Å². The Hall–Kier alpha value is -1.20. The number of hydrogen-bond donors (Lipinski definition) is 2. The molecule has 5 heteroatoms. The molecule has 2 atom stereocenters. The maximum absolute atomic E-state index is 12.0. The lowest BCUT2D eigenvalue weighted by Gasteiger charge is -2.12. The largest absolute Gasteiger partial charge is 0.391 e. The molecule has 0 spiro atoms. The Bertz CT molecular complexity index is 448. The third-order valence-corrected chi connectivity index (χ3v) is 4.13. The van der Waals surface area contributed by atoms with E-state index in [4.69, 9.17) is 0 Å². The van der Waals surface area contributed by atoms with Crippen molar-refractivity contribution in [1.82, 2.24) is 5.32 Å². The monoisotopic (exact) mass is 283 g/mol. The first-order valence-corrected chi connectivity index (χ1v) is 7.85. The molecule has 0 heterocycles. The average molecular weight is 283 g/mol. The van der Waals surface area contributed by atoms with Gasteiger partial charge in [-0.05, 0) is 18.6 Å². The zero-order chi connectivity index (χ0) is 14.3. The summed E-state index contributed by atoms with van der Waals surface area (Å²) >= 11 is 0. The highest BCUT2D eigenvalue weighted by atomic mass is 32.2. The Balaban J connectivity index is 2.74. The molecule has 1 rings (SSSR count). The van der Waals surface area contributed by atoms with Crippen LogP contribution >= 0.6 is 0 Å². The van der Waals surface area contributed by atoms with Gasteiger partial charge in [-0.3, -0.25) is 9.00 Å². The van der Waals surface area contributed by atoms with E-state index in [2.05, 4.69) is 5.32 Å². The normalized spacial score (nSPS) is 13.8. The zero-order valence-corrected chi connectivity index (χ0v) is 12.2. The molecule has 0 saturated heterocycles. The molecule has 0 aliphatic carbocycles. The number of nitrogens with one attached hydrogen (secondary N) is 1. The zero-order valence-electron chi connectivity index (χ0n) is 11.4. The van der Waals surface area contributed by atoms with Gasteiger partial charge in [0.1, 0.15) is 0 Å². The van der Waals surface area contributed by atoms with Gasteiger partial charge in [0.15, 0.2) is 0 Å². The van der Waals surface area contributed by atoms with Crippen LogP contribution in [0.15, 0.2) is 29.2 Å². The SMILES string of the molecule is CCCC(O)CNC(=O)c1ccccc1S(=O)CC. The maximum Gasteiger partial charge on any atom is 0.252 e. The average Bonchev–Trinajstić information content (AvgIpc) is 2.44. The van der Waals surface area contributed by atoms with Crippen molar-refractivity contribution in [2.75, 3.05) is 12.3 Å². The molecule has 4 nitrogen and oxygen atoms in total. The first-order chi connectivity index (χ1) is 9.10. The minimum atomic E-state index is -1.16. The van der Waals surface area contributed by atoms with Gasteiger partial charge in [0.25, 0.3) is 5.91 Å². The number of carbonyl (C=O) groups is 1. The number of rotatable bonds is 7. The van der Waals surface area contributed by atoms with E-state index in [9.17, 15) is 14.1 Å². The second-order valence-electron chi connectivity index (χ2n) is 4.28. The number of amides is 1. The fourth-order valence-electron chi connectivity index (χ4n) is 1.75. The van der Waals surface area contributed by atoms with Gasteiger partial charge in [0, 0.05) is 12.3 Å². The number of benzene rings is 1. The molecule has 106 valence electrons. The van der Waals surface area contributed by atoms with Gasteiger partial charge in [0.2, 0.25) is 0 Å². The molecule has 0 aliphatic rings. The van der Waals surface area contributed by atoms with E-state index in [1.54, 1.807) is 24.3 Å². The van der Waals surface area contributed by atoms with Gasteiger partial charge in [-0.25, -0.2) is 0 Å². The Kier molecular flexibility index (Phi) is 6.73. The highest BCUT2D eigenvalue weighted by Gasteiger charge is 2.15. The fourth-order valence-corrected chi connectivity index (χ4v) is 2.70. The molecule has 0 saturated carbocycles. The van der Waals surface area contributed by atoms with Gasteiger partial charge in [-0.2, -0.15) is 0 Å². The topological polar surface area (TPSA) is 66.4 Å². The number of carbonyl (C=O) groups excluding carboxylic acids is 1. The Morgan fingerprint density at radius 1 is 1.37 bits per heavy atom. The standard InChI is InChI=1S/C14H21NO3S/c1-3-7-11(16)10-15-14(17)12-8-5-6-9-13(12)19(18)4-2/h5-6,8-9,11,16H,3-4,7,10H2,1-2H3,(H,15,17). The molecule has 1 aromatic rings. The molecule has 2 unspecified atom stereocenters. The summed E-state index contributed by atoms with van der Waals surface area (Å²) < 4.78 is 11.9. The third-order valence-electron chi connectivity index (χ3n) is 2.76. The van der Waals surface area contributed by atoms with E-state index in [0.717, 1.165) is 6.42 Å². The van der Waals surface area contributed by atoms with Crippen LogP contribution in [0.4, 0.5) is 0 Å². The third kappa shape index (κ3) is 4.76. The van der Waals surface area contributed by atoms with Crippen LogP contribution in [0.25, 0.3) is 0 Å². The van der Waals surface area contributed by atoms with Crippen molar-refractivity contribution in [3.63, 3.8) is 0 Å². The van der Waals surface area contributed by atoms with Crippen molar-refractivity contribution in [1.29, 1.82) is 0 Å². The van der Waals surface area contributed by atoms with E-state index in [0.29, 0.717) is 22.6 Å². The molecule has 1 aromatic carbocycles. The summed E-state index contributed by atoms with van der Waals surface area (Å²) in [5, 5.41) is 12.3. The number of aliphatic hydroxyl groups excluding tert-OH is 1. The van der Waals surface area contributed by atoms with Crippen LogP contribution in [0.2, 0.25) is 0 Å². The Morgan fingerprint density at radius 2 is 2.05 bits per heavy atom. The quantitative estimate of drug-likeness (QED) is 0.800. The maximum atomic E-state index is 12.0. The summed E-state index contributed by atoms with van der Waals surface area (Å²) in [6.45, 7) is 4.01. The predicted molar refractivity (Wildman–Crippen MR) is 76.6 cm³/mol. The van der Waals surface area contributed by atoms with E-state index < -0.39 is 16.9 Å². The van der Waals surface area contributed by atoms with Gasteiger partial charge in [-0.1, -0.05) is 32.4 Å². The second-order valence-corrected chi connectivity index (χ2v) is 5.99.